The molecular formula is C14H14N2O4S. The Bertz CT molecular complexity index is 709. The summed E-state index contributed by atoms with van der Waals surface area (Å²) < 4.78 is 0. The van der Waals surface area contributed by atoms with Gasteiger partial charge in [-0.1, -0.05) is 11.6 Å². The standard InChI is InChI=1S/C14H14N2O4S/c1-7-3-4-10(17)9(5-7)13(18)15-6-11-16-8(2)12(21-11)14(19)20/h3-5,17H,6H2,1-2H3,(H,15,18)(H,19,20). The van der Waals surface area contributed by atoms with E-state index >= 15 is 0 Å². The van der Waals surface area contributed by atoms with E-state index in [0.29, 0.717) is 10.7 Å². The maximum Gasteiger partial charge on any atom is 0.347 e. The van der Waals surface area contributed by atoms with Crippen molar-refractivity contribution in [3.05, 3.63) is 44.9 Å². The number of hydrogen-bond acceptors (Lipinski definition) is 5. The lowest BCUT2D eigenvalue weighted by molar-refractivity contribution is 0.0701. The Balaban J connectivity index is 2.09. The van der Waals surface area contributed by atoms with Gasteiger partial charge in [0.25, 0.3) is 5.91 Å². The highest BCUT2D eigenvalue weighted by molar-refractivity contribution is 7.13. The average Bonchev–Trinajstić information content (AvgIpc) is 2.80. The van der Waals surface area contributed by atoms with Gasteiger partial charge in [-0.2, -0.15) is 0 Å². The highest BCUT2D eigenvalue weighted by Gasteiger charge is 2.15. The topological polar surface area (TPSA) is 99.5 Å². The van der Waals surface area contributed by atoms with Crippen molar-refractivity contribution in [2.45, 2.75) is 20.4 Å². The van der Waals surface area contributed by atoms with Crippen LogP contribution in [-0.2, 0) is 6.54 Å². The number of amides is 1. The molecule has 1 heterocycles. The number of hydrogen-bond donors (Lipinski definition) is 3. The monoisotopic (exact) mass is 306 g/mol. The SMILES string of the molecule is Cc1ccc(O)c(C(=O)NCc2nc(C)c(C(=O)O)s2)c1. The molecule has 0 radical (unpaired) electrons. The summed E-state index contributed by atoms with van der Waals surface area (Å²) in [5.41, 5.74) is 1.47. The lowest BCUT2D eigenvalue weighted by atomic mass is 10.1. The summed E-state index contributed by atoms with van der Waals surface area (Å²) >= 11 is 1.02. The second-order valence-corrected chi connectivity index (χ2v) is 5.61. The maximum absolute atomic E-state index is 12.0. The number of aryl methyl sites for hydroxylation is 2. The molecule has 0 saturated heterocycles. The Hall–Kier alpha value is -2.41. The molecule has 21 heavy (non-hydrogen) atoms. The molecule has 0 aliphatic rings. The molecule has 0 fully saturated rings. The van der Waals surface area contributed by atoms with Gasteiger partial charge in [-0.25, -0.2) is 9.78 Å². The lowest BCUT2D eigenvalue weighted by Crippen LogP contribution is -2.22. The summed E-state index contributed by atoms with van der Waals surface area (Å²) in [6.07, 6.45) is 0. The molecule has 0 saturated carbocycles. The first-order valence-corrected chi connectivity index (χ1v) is 6.97. The molecule has 0 aliphatic carbocycles. The second-order valence-electron chi connectivity index (χ2n) is 4.53. The molecule has 0 aliphatic heterocycles. The number of aromatic nitrogens is 1. The van der Waals surface area contributed by atoms with E-state index < -0.39 is 11.9 Å². The molecule has 1 amide bonds. The van der Waals surface area contributed by atoms with Crippen molar-refractivity contribution in [2.75, 3.05) is 0 Å². The third kappa shape index (κ3) is 3.38. The summed E-state index contributed by atoms with van der Waals surface area (Å²) in [5, 5.41) is 21.7. The molecule has 1 aromatic carbocycles. The molecular weight excluding hydrogens is 292 g/mol. The Labute approximate surface area is 125 Å². The van der Waals surface area contributed by atoms with Gasteiger partial charge < -0.3 is 15.5 Å². The van der Waals surface area contributed by atoms with Crippen LogP contribution in [0.4, 0.5) is 0 Å². The molecule has 7 heteroatoms. The van der Waals surface area contributed by atoms with Gasteiger partial charge in [0.15, 0.2) is 0 Å². The van der Waals surface area contributed by atoms with Crippen molar-refractivity contribution in [1.29, 1.82) is 0 Å². The van der Waals surface area contributed by atoms with Crippen LogP contribution in [0.3, 0.4) is 0 Å². The van der Waals surface area contributed by atoms with E-state index in [0.717, 1.165) is 16.9 Å². The minimum atomic E-state index is -1.03. The van der Waals surface area contributed by atoms with Gasteiger partial charge in [0.1, 0.15) is 15.6 Å². The largest absolute Gasteiger partial charge is 0.507 e. The van der Waals surface area contributed by atoms with Gasteiger partial charge in [-0.3, -0.25) is 4.79 Å². The van der Waals surface area contributed by atoms with Gasteiger partial charge >= 0.3 is 5.97 Å². The fourth-order valence-corrected chi connectivity index (χ4v) is 2.65. The van der Waals surface area contributed by atoms with Crippen molar-refractivity contribution in [1.82, 2.24) is 10.3 Å². The summed E-state index contributed by atoms with van der Waals surface area (Å²) in [6, 6.07) is 4.75. The number of thiazole rings is 1. The zero-order valence-electron chi connectivity index (χ0n) is 11.5. The van der Waals surface area contributed by atoms with Crippen molar-refractivity contribution in [3.8, 4) is 5.75 Å². The summed E-state index contributed by atoms with van der Waals surface area (Å²) in [4.78, 5) is 27.2. The van der Waals surface area contributed by atoms with Crippen molar-refractivity contribution >= 4 is 23.2 Å². The van der Waals surface area contributed by atoms with Gasteiger partial charge in [0.05, 0.1) is 17.8 Å². The first kappa shape index (κ1) is 15.0. The summed E-state index contributed by atoms with van der Waals surface area (Å²) in [6.45, 7) is 3.54. The molecule has 0 bridgehead atoms. The molecule has 1 aromatic heterocycles. The number of phenols is 1. The number of carboxylic acids is 1. The van der Waals surface area contributed by atoms with Crippen LogP contribution >= 0.6 is 11.3 Å². The molecule has 0 spiro atoms. The molecule has 2 aromatic rings. The summed E-state index contributed by atoms with van der Waals surface area (Å²) in [5.74, 6) is -1.56. The van der Waals surface area contributed by atoms with Crippen LogP contribution in [0.15, 0.2) is 18.2 Å². The smallest absolute Gasteiger partial charge is 0.347 e. The number of carbonyl (C=O) groups is 2. The number of nitrogens with zero attached hydrogens (tertiary/aromatic N) is 1. The highest BCUT2D eigenvalue weighted by Crippen LogP contribution is 2.20. The molecule has 2 rings (SSSR count). The van der Waals surface area contributed by atoms with Crippen LogP contribution < -0.4 is 5.32 Å². The first-order valence-electron chi connectivity index (χ1n) is 6.16. The van der Waals surface area contributed by atoms with Crippen LogP contribution in [0.25, 0.3) is 0 Å². The van der Waals surface area contributed by atoms with Gasteiger partial charge in [0.2, 0.25) is 0 Å². The number of carbonyl (C=O) groups excluding carboxylic acids is 1. The van der Waals surface area contributed by atoms with E-state index in [1.807, 2.05) is 6.92 Å². The van der Waals surface area contributed by atoms with Crippen LogP contribution in [0.2, 0.25) is 0 Å². The number of carboxylic acid groups (broad SMARTS) is 1. The lowest BCUT2D eigenvalue weighted by Gasteiger charge is -2.06. The molecule has 3 N–H and O–H groups in total. The zero-order valence-corrected chi connectivity index (χ0v) is 12.3. The normalized spacial score (nSPS) is 10.4. The fraction of sp³-hybridized carbons (Fsp3) is 0.214. The van der Waals surface area contributed by atoms with Crippen LogP contribution in [0, 0.1) is 13.8 Å². The van der Waals surface area contributed by atoms with Crippen LogP contribution in [-0.4, -0.2) is 27.1 Å². The zero-order chi connectivity index (χ0) is 15.6. The highest BCUT2D eigenvalue weighted by atomic mass is 32.1. The Morgan fingerprint density at radius 2 is 2.05 bits per heavy atom. The van der Waals surface area contributed by atoms with Crippen LogP contribution in [0.5, 0.6) is 5.75 Å². The number of benzene rings is 1. The molecule has 0 atom stereocenters. The minimum absolute atomic E-state index is 0.0976. The number of nitrogens with one attached hydrogen (secondary N) is 1. The number of rotatable bonds is 4. The van der Waals surface area contributed by atoms with E-state index in [1.54, 1.807) is 19.1 Å². The quantitative estimate of drug-likeness (QED) is 0.803. The molecule has 110 valence electrons. The fourth-order valence-electron chi connectivity index (χ4n) is 1.81. The third-order valence-corrected chi connectivity index (χ3v) is 3.98. The Morgan fingerprint density at radius 3 is 2.67 bits per heavy atom. The van der Waals surface area contributed by atoms with Crippen molar-refractivity contribution < 1.29 is 19.8 Å². The van der Waals surface area contributed by atoms with Crippen LogP contribution in [0.1, 0.15) is 36.3 Å². The number of phenolic OH excluding ortho intramolecular Hbond substituents is 1. The molecule has 6 nitrogen and oxygen atoms in total. The van der Waals surface area contributed by atoms with Crippen molar-refractivity contribution in [2.24, 2.45) is 0 Å². The third-order valence-electron chi connectivity index (χ3n) is 2.83. The second kappa shape index (κ2) is 5.92. The van der Waals surface area contributed by atoms with E-state index in [2.05, 4.69) is 10.3 Å². The number of aromatic carboxylic acids is 1. The Kier molecular flexibility index (Phi) is 4.23. The number of aromatic hydroxyl groups is 1. The minimum Gasteiger partial charge on any atom is -0.507 e. The maximum atomic E-state index is 12.0. The predicted molar refractivity (Wildman–Crippen MR) is 77.8 cm³/mol. The van der Waals surface area contributed by atoms with Gasteiger partial charge in [-0.15, -0.1) is 11.3 Å². The van der Waals surface area contributed by atoms with Crippen molar-refractivity contribution in [3.63, 3.8) is 0 Å². The van der Waals surface area contributed by atoms with E-state index in [1.165, 1.54) is 6.07 Å². The van der Waals surface area contributed by atoms with Gasteiger partial charge in [0, 0.05) is 0 Å². The predicted octanol–water partition coefficient (Wildman–Crippen LogP) is 2.09. The van der Waals surface area contributed by atoms with E-state index in [9.17, 15) is 14.7 Å². The summed E-state index contributed by atoms with van der Waals surface area (Å²) in [7, 11) is 0. The van der Waals surface area contributed by atoms with E-state index in [4.69, 9.17) is 5.11 Å². The van der Waals surface area contributed by atoms with Gasteiger partial charge in [-0.05, 0) is 26.0 Å². The van der Waals surface area contributed by atoms with E-state index in [-0.39, 0.29) is 22.7 Å². The first-order chi connectivity index (χ1) is 9.88. The molecule has 0 unspecified atom stereocenters. The Morgan fingerprint density at radius 1 is 1.33 bits per heavy atom. The average molecular weight is 306 g/mol.